The van der Waals surface area contributed by atoms with E-state index in [0.29, 0.717) is 22.6 Å². The standard InChI is InChI=1S/C29H30ClF4N3O3/c1-16(35-3)19-12-23(17-5-9-22(31)21(30)11-17)37-26(14-19)28(2,29(32,33)34)15-36-27(38)18-6-10-24(25(13-18)39-4)40-20-7-8-20/h5-6,9-14,16,20,35H,7-8,15H2,1-4H3,(H,36,38). The molecule has 6 nitrogen and oxygen atoms in total. The van der Waals surface area contributed by atoms with Crippen LogP contribution in [-0.4, -0.2) is 43.9 Å². The second-order valence-electron chi connectivity index (χ2n) is 10.0. The van der Waals surface area contributed by atoms with Gasteiger partial charge in [-0.15, -0.1) is 0 Å². The Balaban J connectivity index is 1.68. The van der Waals surface area contributed by atoms with Crippen LogP contribution in [0, 0.1) is 5.82 Å². The van der Waals surface area contributed by atoms with Crippen molar-refractivity contribution in [1.82, 2.24) is 15.6 Å². The van der Waals surface area contributed by atoms with E-state index in [2.05, 4.69) is 15.6 Å². The normalized spacial score (nSPS) is 15.7. The summed E-state index contributed by atoms with van der Waals surface area (Å²) in [6.07, 6.45) is -2.82. The Morgan fingerprint density at radius 3 is 2.45 bits per heavy atom. The van der Waals surface area contributed by atoms with Crippen molar-refractivity contribution in [2.24, 2.45) is 0 Å². The molecule has 1 aromatic heterocycles. The first-order valence-corrected chi connectivity index (χ1v) is 13.1. The summed E-state index contributed by atoms with van der Waals surface area (Å²) in [4.78, 5) is 17.3. The second-order valence-corrected chi connectivity index (χ2v) is 10.4. The maximum absolute atomic E-state index is 14.7. The highest BCUT2D eigenvalue weighted by molar-refractivity contribution is 6.31. The number of amides is 1. The van der Waals surface area contributed by atoms with Crippen molar-refractivity contribution in [1.29, 1.82) is 0 Å². The fourth-order valence-electron chi connectivity index (χ4n) is 4.02. The second kappa shape index (κ2) is 11.6. The van der Waals surface area contributed by atoms with E-state index in [1.165, 1.54) is 37.4 Å². The number of ether oxygens (including phenoxy) is 2. The van der Waals surface area contributed by atoms with E-state index in [0.717, 1.165) is 25.8 Å². The average Bonchev–Trinajstić information content (AvgIpc) is 3.75. The number of carbonyl (C=O) groups is 1. The lowest BCUT2D eigenvalue weighted by Crippen LogP contribution is -2.49. The average molecular weight is 580 g/mol. The molecule has 0 bridgehead atoms. The Morgan fingerprint density at radius 1 is 1.12 bits per heavy atom. The lowest BCUT2D eigenvalue weighted by molar-refractivity contribution is -0.184. The SMILES string of the molecule is CNC(C)c1cc(-c2ccc(F)c(Cl)c2)nc(C(C)(CNC(=O)c2ccc(OC3CC3)c(OC)c2)C(F)(F)F)c1. The molecule has 0 spiro atoms. The van der Waals surface area contributed by atoms with Gasteiger partial charge < -0.3 is 20.1 Å². The van der Waals surface area contributed by atoms with Crippen LogP contribution in [0.5, 0.6) is 11.5 Å². The zero-order valence-corrected chi connectivity index (χ0v) is 23.2. The molecular formula is C29H30ClF4N3O3. The maximum atomic E-state index is 14.7. The van der Waals surface area contributed by atoms with Gasteiger partial charge in [0.25, 0.3) is 5.91 Å². The van der Waals surface area contributed by atoms with Crippen molar-refractivity contribution in [2.45, 2.75) is 50.4 Å². The number of pyridine rings is 1. The van der Waals surface area contributed by atoms with Crippen LogP contribution < -0.4 is 20.1 Å². The molecular weight excluding hydrogens is 550 g/mol. The molecule has 214 valence electrons. The lowest BCUT2D eigenvalue weighted by atomic mass is 9.83. The molecule has 0 saturated heterocycles. The van der Waals surface area contributed by atoms with Crippen LogP contribution in [0.15, 0.2) is 48.5 Å². The Labute approximate surface area is 235 Å². The molecule has 1 amide bonds. The number of aromatic nitrogens is 1. The van der Waals surface area contributed by atoms with Gasteiger partial charge in [0.2, 0.25) is 0 Å². The van der Waals surface area contributed by atoms with Gasteiger partial charge in [0.05, 0.1) is 29.6 Å². The number of hydrogen-bond donors (Lipinski definition) is 2. The number of halogens is 5. The first-order chi connectivity index (χ1) is 18.9. The maximum Gasteiger partial charge on any atom is 0.401 e. The number of benzene rings is 2. The van der Waals surface area contributed by atoms with Crippen LogP contribution in [-0.2, 0) is 5.41 Å². The van der Waals surface area contributed by atoms with Crippen molar-refractivity contribution < 1.29 is 31.8 Å². The summed E-state index contributed by atoms with van der Waals surface area (Å²) < 4.78 is 68.9. The number of nitrogens with zero attached hydrogens (tertiary/aromatic N) is 1. The molecule has 4 rings (SSSR count). The molecule has 1 saturated carbocycles. The smallest absolute Gasteiger partial charge is 0.401 e. The molecule has 11 heteroatoms. The van der Waals surface area contributed by atoms with Gasteiger partial charge in [-0.1, -0.05) is 11.6 Å². The third-order valence-electron chi connectivity index (χ3n) is 7.03. The van der Waals surface area contributed by atoms with E-state index < -0.39 is 29.9 Å². The summed E-state index contributed by atoms with van der Waals surface area (Å²) in [6.45, 7) is 1.99. The highest BCUT2D eigenvalue weighted by Gasteiger charge is 2.53. The molecule has 3 aromatic rings. The lowest BCUT2D eigenvalue weighted by Gasteiger charge is -2.33. The van der Waals surface area contributed by atoms with Crippen LogP contribution in [0.2, 0.25) is 5.02 Å². The van der Waals surface area contributed by atoms with Crippen molar-refractivity contribution in [3.05, 3.63) is 76.2 Å². The number of carbonyl (C=O) groups excluding carboxylic acids is 1. The number of rotatable bonds is 10. The molecule has 1 aliphatic carbocycles. The molecule has 1 aliphatic rings. The predicted octanol–water partition coefficient (Wildman–Crippen LogP) is 6.62. The Hall–Kier alpha value is -3.37. The molecule has 0 aliphatic heterocycles. The molecule has 40 heavy (non-hydrogen) atoms. The van der Waals surface area contributed by atoms with Gasteiger partial charge >= 0.3 is 6.18 Å². The summed E-state index contributed by atoms with van der Waals surface area (Å²) >= 11 is 5.94. The summed E-state index contributed by atoms with van der Waals surface area (Å²) in [5.74, 6) is -0.583. The number of methoxy groups -OCH3 is 1. The first-order valence-electron chi connectivity index (χ1n) is 12.7. The monoisotopic (exact) mass is 579 g/mol. The highest BCUT2D eigenvalue weighted by Crippen LogP contribution is 2.42. The van der Waals surface area contributed by atoms with E-state index in [1.807, 2.05) is 0 Å². The van der Waals surface area contributed by atoms with Gasteiger partial charge in [0.15, 0.2) is 11.5 Å². The summed E-state index contributed by atoms with van der Waals surface area (Å²) in [5, 5.41) is 5.26. The minimum atomic E-state index is -4.79. The molecule has 0 radical (unpaired) electrons. The third kappa shape index (κ3) is 6.33. The van der Waals surface area contributed by atoms with E-state index in [1.54, 1.807) is 26.1 Å². The van der Waals surface area contributed by atoms with E-state index in [-0.39, 0.29) is 34.1 Å². The summed E-state index contributed by atoms with van der Waals surface area (Å²) in [7, 11) is 3.10. The van der Waals surface area contributed by atoms with Crippen molar-refractivity contribution in [2.75, 3.05) is 20.7 Å². The molecule has 1 fully saturated rings. The predicted molar refractivity (Wildman–Crippen MR) is 144 cm³/mol. The zero-order valence-electron chi connectivity index (χ0n) is 22.5. The molecule has 2 atom stereocenters. The molecule has 1 heterocycles. The fourth-order valence-corrected chi connectivity index (χ4v) is 4.20. The summed E-state index contributed by atoms with van der Waals surface area (Å²) in [5.41, 5.74) is -1.68. The molecule has 2 aromatic carbocycles. The van der Waals surface area contributed by atoms with Gasteiger partial charge in [-0.3, -0.25) is 9.78 Å². The minimum Gasteiger partial charge on any atom is -0.493 e. The van der Waals surface area contributed by atoms with Crippen LogP contribution in [0.1, 0.15) is 54.3 Å². The van der Waals surface area contributed by atoms with Crippen molar-refractivity contribution >= 4 is 17.5 Å². The van der Waals surface area contributed by atoms with Gasteiger partial charge in [0, 0.05) is 23.7 Å². The van der Waals surface area contributed by atoms with E-state index >= 15 is 0 Å². The number of nitrogens with one attached hydrogen (secondary N) is 2. The number of alkyl halides is 3. The van der Waals surface area contributed by atoms with E-state index in [4.69, 9.17) is 21.1 Å². The van der Waals surface area contributed by atoms with Gasteiger partial charge in [0.1, 0.15) is 11.2 Å². The van der Waals surface area contributed by atoms with Crippen molar-refractivity contribution in [3.8, 4) is 22.8 Å². The number of hydrogen-bond acceptors (Lipinski definition) is 5. The Bertz CT molecular complexity index is 1400. The summed E-state index contributed by atoms with van der Waals surface area (Å²) in [6, 6.07) is 11.0. The van der Waals surface area contributed by atoms with Gasteiger partial charge in [-0.05, 0) is 87.8 Å². The van der Waals surface area contributed by atoms with Crippen LogP contribution in [0.3, 0.4) is 0 Å². The quantitative estimate of drug-likeness (QED) is 0.264. The van der Waals surface area contributed by atoms with Crippen molar-refractivity contribution in [3.63, 3.8) is 0 Å². The highest BCUT2D eigenvalue weighted by atomic mass is 35.5. The molecule has 2 N–H and O–H groups in total. The van der Waals surface area contributed by atoms with Gasteiger partial charge in [-0.25, -0.2) is 4.39 Å². The van der Waals surface area contributed by atoms with Crippen LogP contribution in [0.25, 0.3) is 11.3 Å². The third-order valence-corrected chi connectivity index (χ3v) is 7.32. The van der Waals surface area contributed by atoms with Crippen LogP contribution in [0.4, 0.5) is 17.6 Å². The first kappa shape index (κ1) is 29.6. The minimum absolute atomic E-state index is 0.103. The fraction of sp³-hybridized carbons (Fsp3) is 0.379. The molecule has 2 unspecified atom stereocenters. The Kier molecular flexibility index (Phi) is 8.60. The van der Waals surface area contributed by atoms with Gasteiger partial charge in [-0.2, -0.15) is 13.2 Å². The Morgan fingerprint density at radius 2 is 1.85 bits per heavy atom. The largest absolute Gasteiger partial charge is 0.493 e. The van der Waals surface area contributed by atoms with Crippen LogP contribution >= 0.6 is 11.6 Å². The topological polar surface area (TPSA) is 72.5 Å². The van der Waals surface area contributed by atoms with E-state index in [9.17, 15) is 22.4 Å². The zero-order chi connectivity index (χ0) is 29.2.